The average Bonchev–Trinajstić information content (AvgIpc) is 2.49. The Bertz CT molecular complexity index is 556. The van der Waals surface area contributed by atoms with Crippen LogP contribution in [-0.4, -0.2) is 17.1 Å². The number of hydrogen-bond acceptors (Lipinski definition) is 3. The molecule has 1 aromatic carbocycles. The topological polar surface area (TPSA) is 48.1 Å². The van der Waals surface area contributed by atoms with Gasteiger partial charge in [-0.05, 0) is 49.4 Å². The maximum Gasteiger partial charge on any atom is 0.127 e. The number of aromatic nitrogens is 1. The molecule has 0 radical (unpaired) electrons. The average molecular weight is 268 g/mol. The Morgan fingerprint density at radius 3 is 2.65 bits per heavy atom. The highest BCUT2D eigenvalue weighted by Crippen LogP contribution is 2.32. The molecule has 1 fully saturated rings. The van der Waals surface area contributed by atoms with Crippen LogP contribution in [0.1, 0.15) is 25.7 Å². The minimum Gasteiger partial charge on any atom is -0.490 e. The molecular weight excluding hydrogens is 248 g/mol. The third-order valence-electron chi connectivity index (χ3n) is 3.84. The van der Waals surface area contributed by atoms with Crippen LogP contribution in [0.5, 0.6) is 5.75 Å². The van der Waals surface area contributed by atoms with Crippen molar-refractivity contribution in [2.45, 2.75) is 37.8 Å². The van der Waals surface area contributed by atoms with Gasteiger partial charge in [0.05, 0.1) is 0 Å². The third kappa shape index (κ3) is 2.99. The first-order valence-electron chi connectivity index (χ1n) is 7.24. The summed E-state index contributed by atoms with van der Waals surface area (Å²) in [7, 11) is 0. The number of rotatable bonds is 3. The maximum absolute atomic E-state index is 6.21. The van der Waals surface area contributed by atoms with Crippen LogP contribution in [0.15, 0.2) is 48.8 Å². The van der Waals surface area contributed by atoms with Gasteiger partial charge in [0.1, 0.15) is 11.9 Å². The molecule has 20 heavy (non-hydrogen) atoms. The molecule has 0 spiro atoms. The molecule has 1 saturated carbocycles. The highest BCUT2D eigenvalue weighted by molar-refractivity contribution is 5.69. The van der Waals surface area contributed by atoms with E-state index in [0.29, 0.717) is 0 Å². The smallest absolute Gasteiger partial charge is 0.127 e. The van der Waals surface area contributed by atoms with Gasteiger partial charge >= 0.3 is 0 Å². The minimum absolute atomic E-state index is 0.238. The second kappa shape index (κ2) is 6.06. The molecule has 1 aliphatic carbocycles. The molecule has 0 amide bonds. The van der Waals surface area contributed by atoms with E-state index in [4.69, 9.17) is 10.5 Å². The molecule has 104 valence electrons. The van der Waals surface area contributed by atoms with Gasteiger partial charge in [0.15, 0.2) is 0 Å². The SMILES string of the molecule is NC1CCCC(Oc2ccccc2-c2ccncc2)C1. The van der Waals surface area contributed by atoms with Crippen LogP contribution in [0.25, 0.3) is 11.1 Å². The fraction of sp³-hybridized carbons (Fsp3) is 0.353. The first-order chi connectivity index (χ1) is 9.83. The zero-order valence-electron chi connectivity index (χ0n) is 11.5. The van der Waals surface area contributed by atoms with Crippen molar-refractivity contribution in [1.29, 1.82) is 0 Å². The number of nitrogens with zero attached hydrogens (tertiary/aromatic N) is 1. The highest BCUT2D eigenvalue weighted by Gasteiger charge is 2.21. The summed E-state index contributed by atoms with van der Waals surface area (Å²) in [5, 5.41) is 0. The minimum atomic E-state index is 0.238. The molecule has 0 saturated heterocycles. The molecule has 2 N–H and O–H groups in total. The Labute approximate surface area is 119 Å². The molecule has 2 atom stereocenters. The monoisotopic (exact) mass is 268 g/mol. The van der Waals surface area contributed by atoms with Crippen LogP contribution in [-0.2, 0) is 0 Å². The number of nitrogens with two attached hydrogens (primary N) is 1. The summed E-state index contributed by atoms with van der Waals surface area (Å²) in [5.41, 5.74) is 8.29. The van der Waals surface area contributed by atoms with Crippen molar-refractivity contribution in [3.63, 3.8) is 0 Å². The lowest BCUT2D eigenvalue weighted by atomic mass is 9.93. The largest absolute Gasteiger partial charge is 0.490 e. The van der Waals surface area contributed by atoms with Gasteiger partial charge in [0, 0.05) is 24.0 Å². The van der Waals surface area contributed by atoms with E-state index < -0.39 is 0 Å². The van der Waals surface area contributed by atoms with Crippen molar-refractivity contribution in [1.82, 2.24) is 4.98 Å². The van der Waals surface area contributed by atoms with Gasteiger partial charge < -0.3 is 10.5 Å². The maximum atomic E-state index is 6.21. The van der Waals surface area contributed by atoms with E-state index in [0.717, 1.165) is 42.6 Å². The Balaban J connectivity index is 1.83. The molecule has 1 aliphatic rings. The second-order valence-electron chi connectivity index (χ2n) is 5.40. The van der Waals surface area contributed by atoms with Gasteiger partial charge in [-0.3, -0.25) is 4.98 Å². The number of ether oxygens (including phenoxy) is 1. The van der Waals surface area contributed by atoms with E-state index in [1.807, 2.05) is 42.7 Å². The molecule has 0 bridgehead atoms. The van der Waals surface area contributed by atoms with Crippen molar-refractivity contribution < 1.29 is 4.74 Å². The molecule has 1 aromatic heterocycles. The fourth-order valence-electron chi connectivity index (χ4n) is 2.81. The van der Waals surface area contributed by atoms with Crippen LogP contribution < -0.4 is 10.5 Å². The van der Waals surface area contributed by atoms with Crippen molar-refractivity contribution >= 4 is 0 Å². The molecule has 3 nitrogen and oxygen atoms in total. The summed E-state index contributed by atoms with van der Waals surface area (Å²) >= 11 is 0. The molecule has 2 aromatic rings. The lowest BCUT2D eigenvalue weighted by Gasteiger charge is -2.28. The van der Waals surface area contributed by atoms with Crippen LogP contribution >= 0.6 is 0 Å². The molecule has 3 heteroatoms. The number of benzene rings is 1. The molecule has 2 unspecified atom stereocenters. The molecule has 1 heterocycles. The summed E-state index contributed by atoms with van der Waals surface area (Å²) in [6.07, 6.45) is 8.17. The number of pyridine rings is 1. The van der Waals surface area contributed by atoms with E-state index in [2.05, 4.69) is 11.1 Å². The van der Waals surface area contributed by atoms with Crippen molar-refractivity contribution in [2.75, 3.05) is 0 Å². The quantitative estimate of drug-likeness (QED) is 0.928. The van der Waals surface area contributed by atoms with E-state index in [1.165, 1.54) is 0 Å². The third-order valence-corrected chi connectivity index (χ3v) is 3.84. The van der Waals surface area contributed by atoms with Gasteiger partial charge in [0.2, 0.25) is 0 Å². The lowest BCUT2D eigenvalue weighted by Crippen LogP contribution is -2.33. The van der Waals surface area contributed by atoms with E-state index in [1.54, 1.807) is 0 Å². The fourth-order valence-corrected chi connectivity index (χ4v) is 2.81. The second-order valence-corrected chi connectivity index (χ2v) is 5.40. The Hall–Kier alpha value is -1.87. The van der Waals surface area contributed by atoms with Gasteiger partial charge in [-0.2, -0.15) is 0 Å². The van der Waals surface area contributed by atoms with Crippen LogP contribution in [0.3, 0.4) is 0 Å². The molecule has 0 aliphatic heterocycles. The van der Waals surface area contributed by atoms with Crippen molar-refractivity contribution in [3.8, 4) is 16.9 Å². The summed E-state index contributed by atoms with van der Waals surface area (Å²) in [6, 6.07) is 12.5. The van der Waals surface area contributed by atoms with Crippen LogP contribution in [0, 0.1) is 0 Å². The van der Waals surface area contributed by atoms with E-state index in [9.17, 15) is 0 Å². The van der Waals surface area contributed by atoms with Crippen LogP contribution in [0.2, 0.25) is 0 Å². The van der Waals surface area contributed by atoms with E-state index in [-0.39, 0.29) is 12.1 Å². The normalized spacial score (nSPS) is 22.4. The Morgan fingerprint density at radius 2 is 1.85 bits per heavy atom. The van der Waals surface area contributed by atoms with Gasteiger partial charge in [-0.25, -0.2) is 0 Å². The van der Waals surface area contributed by atoms with Gasteiger partial charge in [-0.1, -0.05) is 18.2 Å². The first-order valence-corrected chi connectivity index (χ1v) is 7.24. The molecular formula is C17H20N2O. The predicted molar refractivity (Wildman–Crippen MR) is 80.5 cm³/mol. The van der Waals surface area contributed by atoms with Gasteiger partial charge in [-0.15, -0.1) is 0 Å². The Kier molecular flexibility index (Phi) is 3.97. The summed E-state index contributed by atoms with van der Waals surface area (Å²) in [6.45, 7) is 0. The van der Waals surface area contributed by atoms with Crippen molar-refractivity contribution in [2.24, 2.45) is 5.73 Å². The van der Waals surface area contributed by atoms with E-state index >= 15 is 0 Å². The zero-order valence-corrected chi connectivity index (χ0v) is 11.5. The zero-order chi connectivity index (χ0) is 13.8. The summed E-state index contributed by atoms with van der Waals surface area (Å²) in [4.78, 5) is 4.07. The lowest BCUT2D eigenvalue weighted by molar-refractivity contribution is 0.145. The first kappa shape index (κ1) is 13.1. The predicted octanol–water partition coefficient (Wildman–Crippen LogP) is 3.40. The van der Waals surface area contributed by atoms with Crippen LogP contribution in [0.4, 0.5) is 0 Å². The number of hydrogen-bond donors (Lipinski definition) is 1. The summed E-state index contributed by atoms with van der Waals surface area (Å²) in [5.74, 6) is 0.942. The Morgan fingerprint density at radius 1 is 1.05 bits per heavy atom. The van der Waals surface area contributed by atoms with Crippen molar-refractivity contribution in [3.05, 3.63) is 48.8 Å². The standard InChI is InChI=1S/C17H20N2O/c18-14-4-3-5-15(12-14)20-17-7-2-1-6-16(17)13-8-10-19-11-9-13/h1-2,6-11,14-15H,3-5,12,18H2. The summed E-state index contributed by atoms with van der Waals surface area (Å²) < 4.78 is 6.21. The number of para-hydroxylation sites is 1. The highest BCUT2D eigenvalue weighted by atomic mass is 16.5. The van der Waals surface area contributed by atoms with Gasteiger partial charge in [0.25, 0.3) is 0 Å². The molecule has 3 rings (SSSR count).